The first-order valence-corrected chi connectivity index (χ1v) is 9.19. The van der Waals surface area contributed by atoms with Gasteiger partial charge in [0.2, 0.25) is 0 Å². The molecule has 2 heteroatoms. The molecule has 0 aliphatic heterocycles. The van der Waals surface area contributed by atoms with Crippen LogP contribution in [-0.4, -0.2) is 5.97 Å². The largest absolute Gasteiger partial charge is 0.431 e. The Hall–Kier alpha value is -1.57. The van der Waals surface area contributed by atoms with Crippen molar-refractivity contribution in [2.24, 2.45) is 0 Å². The summed E-state index contributed by atoms with van der Waals surface area (Å²) in [5, 5.41) is 0. The minimum Gasteiger partial charge on any atom is -0.431 e. The summed E-state index contributed by atoms with van der Waals surface area (Å²) in [4.78, 5) is 11.5. The number of hydrogen-bond donors (Lipinski definition) is 0. The quantitative estimate of drug-likeness (QED) is 0.643. The molecule has 2 rings (SSSR count). The van der Waals surface area contributed by atoms with E-state index in [9.17, 15) is 4.79 Å². The van der Waals surface area contributed by atoms with Gasteiger partial charge in [0.05, 0.1) is 0 Å². The Morgan fingerprint density at radius 2 is 1.43 bits per heavy atom. The summed E-state index contributed by atoms with van der Waals surface area (Å²) in [5.74, 6) is 0.764. The van der Waals surface area contributed by atoms with E-state index in [2.05, 4.69) is 24.3 Å². The van der Waals surface area contributed by atoms with E-state index in [4.69, 9.17) is 4.74 Å². The van der Waals surface area contributed by atoms with Gasteiger partial charge >= 0.3 is 5.97 Å². The summed E-state index contributed by atoms with van der Waals surface area (Å²) in [5.41, 5.74) is 2.63. The van der Waals surface area contributed by atoms with E-state index in [1.807, 2.05) is 6.07 Å². The normalized spacial score (nSPS) is 21.1. The number of ether oxygens (including phenoxy) is 1. The number of esters is 1. The number of benzene rings is 1. The second kappa shape index (κ2) is 10.3. The van der Waals surface area contributed by atoms with E-state index in [1.54, 1.807) is 0 Å². The van der Waals surface area contributed by atoms with E-state index >= 15 is 0 Å². The van der Waals surface area contributed by atoms with Gasteiger partial charge in [-0.2, -0.15) is 0 Å². The van der Waals surface area contributed by atoms with E-state index in [0.29, 0.717) is 0 Å². The van der Waals surface area contributed by atoms with Crippen molar-refractivity contribution in [3.63, 3.8) is 0 Å². The Kier molecular flexibility index (Phi) is 7.92. The SMILES string of the molecule is CC(=O)O/C1=C(\Cc2ccccc2)CCCCCCCCCC1. The van der Waals surface area contributed by atoms with Crippen molar-refractivity contribution in [1.82, 2.24) is 0 Å². The number of hydrogen-bond acceptors (Lipinski definition) is 2. The Labute approximate surface area is 140 Å². The molecule has 0 N–H and O–H groups in total. The van der Waals surface area contributed by atoms with Crippen LogP contribution in [0.1, 0.15) is 76.7 Å². The third-order valence-corrected chi connectivity index (χ3v) is 4.55. The van der Waals surface area contributed by atoms with E-state index < -0.39 is 0 Å². The van der Waals surface area contributed by atoms with Gasteiger partial charge in [-0.25, -0.2) is 0 Å². The summed E-state index contributed by atoms with van der Waals surface area (Å²) in [6.07, 6.45) is 13.1. The number of allylic oxidation sites excluding steroid dienone is 2. The average molecular weight is 314 g/mol. The van der Waals surface area contributed by atoms with Gasteiger partial charge in [0.25, 0.3) is 0 Å². The second-order valence-corrected chi connectivity index (χ2v) is 6.61. The summed E-state index contributed by atoms with van der Waals surface area (Å²) >= 11 is 0. The maximum Gasteiger partial charge on any atom is 0.307 e. The minimum atomic E-state index is -0.183. The van der Waals surface area contributed by atoms with Crippen LogP contribution in [0, 0.1) is 0 Å². The molecule has 0 saturated heterocycles. The molecule has 0 spiro atoms. The number of rotatable bonds is 3. The maximum atomic E-state index is 11.5. The van der Waals surface area contributed by atoms with Gasteiger partial charge in [-0.05, 0) is 36.8 Å². The monoisotopic (exact) mass is 314 g/mol. The number of carbonyl (C=O) groups excluding carboxylic acids is 1. The van der Waals surface area contributed by atoms with Crippen LogP contribution in [0.3, 0.4) is 0 Å². The van der Waals surface area contributed by atoms with Crippen molar-refractivity contribution >= 4 is 5.97 Å². The molecule has 0 radical (unpaired) electrons. The smallest absolute Gasteiger partial charge is 0.307 e. The third-order valence-electron chi connectivity index (χ3n) is 4.55. The molecule has 23 heavy (non-hydrogen) atoms. The highest BCUT2D eigenvalue weighted by Crippen LogP contribution is 2.25. The van der Waals surface area contributed by atoms with Crippen LogP contribution in [-0.2, 0) is 16.0 Å². The molecule has 2 nitrogen and oxygen atoms in total. The zero-order chi connectivity index (χ0) is 16.3. The van der Waals surface area contributed by atoms with E-state index in [1.165, 1.54) is 63.0 Å². The maximum absolute atomic E-state index is 11.5. The molecule has 1 aromatic carbocycles. The van der Waals surface area contributed by atoms with Gasteiger partial charge < -0.3 is 4.74 Å². The van der Waals surface area contributed by atoms with Gasteiger partial charge in [0, 0.05) is 13.3 Å². The average Bonchev–Trinajstić information content (AvgIpc) is 2.53. The highest BCUT2D eigenvalue weighted by atomic mass is 16.5. The first-order chi connectivity index (χ1) is 11.3. The van der Waals surface area contributed by atoms with Gasteiger partial charge in [-0.15, -0.1) is 0 Å². The molecule has 0 amide bonds. The standard InChI is InChI=1S/C21H30O2/c1-18(22)23-21-16-12-7-5-3-2-4-6-11-15-20(21)17-19-13-9-8-10-14-19/h8-10,13-14H,2-7,11-12,15-17H2,1H3/b21-20-. The van der Waals surface area contributed by atoms with Crippen LogP contribution >= 0.6 is 0 Å². The number of carbonyl (C=O) groups is 1. The van der Waals surface area contributed by atoms with Crippen molar-refractivity contribution in [3.8, 4) is 0 Å². The Bertz CT molecular complexity index is 502. The fourth-order valence-corrected chi connectivity index (χ4v) is 3.33. The fraction of sp³-hybridized carbons (Fsp3) is 0.571. The zero-order valence-electron chi connectivity index (χ0n) is 14.5. The minimum absolute atomic E-state index is 0.183. The van der Waals surface area contributed by atoms with Gasteiger partial charge in [-0.1, -0.05) is 68.9 Å². The lowest BCUT2D eigenvalue weighted by Crippen LogP contribution is -2.06. The molecule has 1 aliphatic rings. The lowest BCUT2D eigenvalue weighted by atomic mass is 9.95. The lowest BCUT2D eigenvalue weighted by molar-refractivity contribution is -0.137. The van der Waals surface area contributed by atoms with Crippen molar-refractivity contribution in [2.45, 2.75) is 77.6 Å². The van der Waals surface area contributed by atoms with Crippen molar-refractivity contribution in [3.05, 3.63) is 47.2 Å². The van der Waals surface area contributed by atoms with E-state index in [0.717, 1.165) is 31.4 Å². The molecule has 0 fully saturated rings. The first-order valence-electron chi connectivity index (χ1n) is 9.19. The highest BCUT2D eigenvalue weighted by Gasteiger charge is 2.12. The van der Waals surface area contributed by atoms with Crippen LogP contribution in [0.25, 0.3) is 0 Å². The molecule has 0 atom stereocenters. The molecule has 0 unspecified atom stereocenters. The molecule has 0 bridgehead atoms. The van der Waals surface area contributed by atoms with Gasteiger partial charge in [0.1, 0.15) is 5.76 Å². The van der Waals surface area contributed by atoms with Crippen LogP contribution in [0.2, 0.25) is 0 Å². The first kappa shape index (κ1) is 17.8. The summed E-state index contributed by atoms with van der Waals surface area (Å²) in [7, 11) is 0. The second-order valence-electron chi connectivity index (χ2n) is 6.61. The lowest BCUT2D eigenvalue weighted by Gasteiger charge is -2.16. The zero-order valence-corrected chi connectivity index (χ0v) is 14.5. The predicted molar refractivity (Wildman–Crippen MR) is 95.1 cm³/mol. The highest BCUT2D eigenvalue weighted by molar-refractivity contribution is 5.67. The van der Waals surface area contributed by atoms with Crippen LogP contribution in [0.4, 0.5) is 0 Å². The Balaban J connectivity index is 2.16. The van der Waals surface area contributed by atoms with Crippen LogP contribution in [0.5, 0.6) is 0 Å². The summed E-state index contributed by atoms with van der Waals surface area (Å²) in [6, 6.07) is 10.5. The molecule has 1 aromatic rings. The molecular weight excluding hydrogens is 284 g/mol. The molecular formula is C21H30O2. The summed E-state index contributed by atoms with van der Waals surface area (Å²) in [6.45, 7) is 1.52. The Morgan fingerprint density at radius 3 is 2.04 bits per heavy atom. The molecule has 0 heterocycles. The topological polar surface area (TPSA) is 26.3 Å². The van der Waals surface area contributed by atoms with Crippen molar-refractivity contribution in [2.75, 3.05) is 0 Å². The van der Waals surface area contributed by atoms with Crippen LogP contribution in [0.15, 0.2) is 41.7 Å². The fourth-order valence-electron chi connectivity index (χ4n) is 3.33. The summed E-state index contributed by atoms with van der Waals surface area (Å²) < 4.78 is 5.62. The van der Waals surface area contributed by atoms with Crippen LogP contribution < -0.4 is 0 Å². The van der Waals surface area contributed by atoms with Crippen molar-refractivity contribution in [1.29, 1.82) is 0 Å². The third kappa shape index (κ3) is 7.02. The molecule has 0 aromatic heterocycles. The van der Waals surface area contributed by atoms with E-state index in [-0.39, 0.29) is 5.97 Å². The Morgan fingerprint density at radius 1 is 0.870 bits per heavy atom. The predicted octanol–water partition coefficient (Wildman–Crippen LogP) is 5.96. The van der Waals surface area contributed by atoms with Gasteiger partial charge in [0.15, 0.2) is 0 Å². The van der Waals surface area contributed by atoms with Gasteiger partial charge in [-0.3, -0.25) is 4.79 Å². The van der Waals surface area contributed by atoms with Crippen molar-refractivity contribution < 1.29 is 9.53 Å². The molecule has 0 saturated carbocycles. The molecule has 1 aliphatic carbocycles. The molecule has 126 valence electrons.